The smallest absolute Gasteiger partial charge is 0.251 e. The zero-order chi connectivity index (χ0) is 15.4. The van der Waals surface area contributed by atoms with Crippen molar-refractivity contribution < 1.29 is 13.9 Å². The molecule has 0 bridgehead atoms. The van der Waals surface area contributed by atoms with Crippen molar-refractivity contribution in [2.75, 3.05) is 13.7 Å². The SMILES string of the molecule is COc1ccc(CCNC(=O)c2ccc3ocnc3c2)cc1. The normalized spacial score (nSPS) is 10.6. The Balaban J connectivity index is 1.57. The molecule has 0 saturated heterocycles. The van der Waals surface area contributed by atoms with Crippen molar-refractivity contribution >= 4 is 17.0 Å². The van der Waals surface area contributed by atoms with Gasteiger partial charge in [-0.05, 0) is 42.3 Å². The summed E-state index contributed by atoms with van der Waals surface area (Å²) in [4.78, 5) is 16.2. The average Bonchev–Trinajstić information content (AvgIpc) is 3.03. The van der Waals surface area contributed by atoms with Crippen LogP contribution in [0.25, 0.3) is 11.1 Å². The van der Waals surface area contributed by atoms with Gasteiger partial charge in [0.05, 0.1) is 7.11 Å². The number of amides is 1. The maximum atomic E-state index is 12.1. The van der Waals surface area contributed by atoms with E-state index in [1.54, 1.807) is 25.3 Å². The highest BCUT2D eigenvalue weighted by atomic mass is 16.5. The van der Waals surface area contributed by atoms with Gasteiger partial charge in [-0.1, -0.05) is 12.1 Å². The topological polar surface area (TPSA) is 64.4 Å². The van der Waals surface area contributed by atoms with Crippen molar-refractivity contribution in [3.05, 3.63) is 60.0 Å². The van der Waals surface area contributed by atoms with Gasteiger partial charge >= 0.3 is 0 Å². The molecule has 0 fully saturated rings. The van der Waals surface area contributed by atoms with E-state index in [0.29, 0.717) is 23.2 Å². The summed E-state index contributed by atoms with van der Waals surface area (Å²) in [5, 5.41) is 2.90. The molecule has 1 aromatic heterocycles. The first kappa shape index (κ1) is 14.1. The number of nitrogens with zero attached hydrogens (tertiary/aromatic N) is 1. The first-order valence-electron chi connectivity index (χ1n) is 7.00. The van der Waals surface area contributed by atoms with E-state index in [2.05, 4.69) is 10.3 Å². The van der Waals surface area contributed by atoms with E-state index < -0.39 is 0 Å². The molecule has 2 aromatic carbocycles. The molecule has 0 radical (unpaired) electrons. The van der Waals surface area contributed by atoms with E-state index in [-0.39, 0.29) is 5.91 Å². The summed E-state index contributed by atoms with van der Waals surface area (Å²) in [6.07, 6.45) is 2.14. The predicted molar refractivity (Wildman–Crippen MR) is 83.0 cm³/mol. The molecule has 1 N–H and O–H groups in total. The van der Waals surface area contributed by atoms with Gasteiger partial charge in [-0.15, -0.1) is 0 Å². The minimum Gasteiger partial charge on any atom is -0.497 e. The van der Waals surface area contributed by atoms with Crippen molar-refractivity contribution in [1.82, 2.24) is 10.3 Å². The molecule has 0 atom stereocenters. The maximum absolute atomic E-state index is 12.1. The Morgan fingerprint density at radius 2 is 2.05 bits per heavy atom. The van der Waals surface area contributed by atoms with Gasteiger partial charge in [-0.25, -0.2) is 4.98 Å². The number of rotatable bonds is 5. The second-order valence-electron chi connectivity index (χ2n) is 4.89. The van der Waals surface area contributed by atoms with E-state index in [4.69, 9.17) is 9.15 Å². The average molecular weight is 296 g/mol. The number of methoxy groups -OCH3 is 1. The lowest BCUT2D eigenvalue weighted by Gasteiger charge is -2.06. The van der Waals surface area contributed by atoms with Crippen LogP contribution in [0.3, 0.4) is 0 Å². The second-order valence-corrected chi connectivity index (χ2v) is 4.89. The Kier molecular flexibility index (Phi) is 4.05. The summed E-state index contributed by atoms with van der Waals surface area (Å²) in [6, 6.07) is 13.0. The molecule has 3 aromatic rings. The van der Waals surface area contributed by atoms with Crippen molar-refractivity contribution in [3.8, 4) is 5.75 Å². The summed E-state index contributed by atoms with van der Waals surface area (Å²) in [7, 11) is 1.64. The Bertz CT molecular complexity index is 778. The highest BCUT2D eigenvalue weighted by Gasteiger charge is 2.07. The van der Waals surface area contributed by atoms with E-state index in [1.165, 1.54) is 6.39 Å². The number of hydrogen-bond donors (Lipinski definition) is 1. The molecule has 0 aliphatic heterocycles. The lowest BCUT2D eigenvalue weighted by atomic mass is 10.1. The molecule has 22 heavy (non-hydrogen) atoms. The summed E-state index contributed by atoms with van der Waals surface area (Å²) < 4.78 is 10.3. The van der Waals surface area contributed by atoms with Crippen molar-refractivity contribution in [1.29, 1.82) is 0 Å². The molecule has 0 aliphatic carbocycles. The summed E-state index contributed by atoms with van der Waals surface area (Å²) in [5.74, 6) is 0.715. The van der Waals surface area contributed by atoms with Gasteiger partial charge in [0.15, 0.2) is 12.0 Å². The van der Waals surface area contributed by atoms with Crippen LogP contribution in [-0.2, 0) is 6.42 Å². The molecule has 0 unspecified atom stereocenters. The van der Waals surface area contributed by atoms with Crippen LogP contribution in [0.5, 0.6) is 5.75 Å². The largest absolute Gasteiger partial charge is 0.497 e. The molecule has 3 rings (SSSR count). The maximum Gasteiger partial charge on any atom is 0.251 e. The Morgan fingerprint density at radius 1 is 1.23 bits per heavy atom. The molecule has 0 spiro atoms. The van der Waals surface area contributed by atoms with Gasteiger partial charge in [0, 0.05) is 12.1 Å². The Hall–Kier alpha value is -2.82. The summed E-state index contributed by atoms with van der Waals surface area (Å²) in [6.45, 7) is 0.571. The number of nitrogens with one attached hydrogen (secondary N) is 1. The zero-order valence-corrected chi connectivity index (χ0v) is 12.2. The molecule has 5 heteroatoms. The molecular weight excluding hydrogens is 280 g/mol. The Labute approximate surface area is 127 Å². The standard InChI is InChI=1S/C17H16N2O3/c1-21-14-5-2-12(3-6-14)8-9-18-17(20)13-4-7-16-15(10-13)19-11-22-16/h2-7,10-11H,8-9H2,1H3,(H,18,20). The number of aromatic nitrogens is 1. The fraction of sp³-hybridized carbons (Fsp3) is 0.176. The molecule has 1 amide bonds. The lowest BCUT2D eigenvalue weighted by molar-refractivity contribution is 0.0954. The van der Waals surface area contributed by atoms with Crippen LogP contribution in [0.4, 0.5) is 0 Å². The quantitative estimate of drug-likeness (QED) is 0.786. The monoisotopic (exact) mass is 296 g/mol. The molecular formula is C17H16N2O3. The minimum atomic E-state index is -0.113. The number of benzene rings is 2. The number of carbonyl (C=O) groups is 1. The van der Waals surface area contributed by atoms with Gasteiger partial charge in [-0.2, -0.15) is 0 Å². The van der Waals surface area contributed by atoms with E-state index in [9.17, 15) is 4.79 Å². The van der Waals surface area contributed by atoms with Gasteiger partial charge in [-0.3, -0.25) is 4.79 Å². The highest BCUT2D eigenvalue weighted by Crippen LogP contribution is 2.14. The highest BCUT2D eigenvalue weighted by molar-refractivity contribution is 5.97. The number of hydrogen-bond acceptors (Lipinski definition) is 4. The molecule has 5 nitrogen and oxygen atoms in total. The van der Waals surface area contributed by atoms with Crippen molar-refractivity contribution in [2.24, 2.45) is 0 Å². The third kappa shape index (κ3) is 3.09. The van der Waals surface area contributed by atoms with Crippen LogP contribution in [0.1, 0.15) is 15.9 Å². The van der Waals surface area contributed by atoms with Gasteiger partial charge in [0.2, 0.25) is 0 Å². The zero-order valence-electron chi connectivity index (χ0n) is 12.2. The van der Waals surface area contributed by atoms with Crippen LogP contribution in [0.2, 0.25) is 0 Å². The van der Waals surface area contributed by atoms with E-state index >= 15 is 0 Å². The van der Waals surface area contributed by atoms with Crippen LogP contribution in [-0.4, -0.2) is 24.5 Å². The van der Waals surface area contributed by atoms with E-state index in [1.807, 2.05) is 24.3 Å². The fourth-order valence-electron chi connectivity index (χ4n) is 2.21. The van der Waals surface area contributed by atoms with Gasteiger partial charge < -0.3 is 14.5 Å². The number of ether oxygens (including phenoxy) is 1. The fourth-order valence-corrected chi connectivity index (χ4v) is 2.21. The number of carbonyl (C=O) groups excluding carboxylic acids is 1. The van der Waals surface area contributed by atoms with Gasteiger partial charge in [0.25, 0.3) is 5.91 Å². The molecule has 0 saturated carbocycles. The van der Waals surface area contributed by atoms with Gasteiger partial charge in [0.1, 0.15) is 11.3 Å². The second kappa shape index (κ2) is 6.30. The third-order valence-electron chi connectivity index (χ3n) is 3.45. The lowest BCUT2D eigenvalue weighted by Crippen LogP contribution is -2.25. The summed E-state index contributed by atoms with van der Waals surface area (Å²) >= 11 is 0. The van der Waals surface area contributed by atoms with E-state index in [0.717, 1.165) is 17.7 Å². The molecule has 112 valence electrons. The van der Waals surface area contributed by atoms with Crippen molar-refractivity contribution in [2.45, 2.75) is 6.42 Å². The molecule has 0 aliphatic rings. The first-order chi connectivity index (χ1) is 10.8. The minimum absolute atomic E-state index is 0.113. The first-order valence-corrected chi connectivity index (χ1v) is 7.00. The summed E-state index contributed by atoms with van der Waals surface area (Å²) in [5.41, 5.74) is 3.08. The van der Waals surface area contributed by atoms with Crippen LogP contribution >= 0.6 is 0 Å². The Morgan fingerprint density at radius 3 is 2.82 bits per heavy atom. The van der Waals surface area contributed by atoms with Crippen molar-refractivity contribution in [3.63, 3.8) is 0 Å². The number of oxazole rings is 1. The predicted octanol–water partition coefficient (Wildman–Crippen LogP) is 2.81. The van der Waals surface area contributed by atoms with Crippen LogP contribution in [0, 0.1) is 0 Å². The molecule has 1 heterocycles. The van der Waals surface area contributed by atoms with Crippen LogP contribution < -0.4 is 10.1 Å². The third-order valence-corrected chi connectivity index (χ3v) is 3.45. The number of fused-ring (bicyclic) bond motifs is 1. The van der Waals surface area contributed by atoms with Crippen LogP contribution in [0.15, 0.2) is 53.3 Å².